The van der Waals surface area contributed by atoms with E-state index in [1.807, 2.05) is 24.3 Å². The lowest BCUT2D eigenvalue weighted by molar-refractivity contribution is 0.0693. The summed E-state index contributed by atoms with van der Waals surface area (Å²) >= 11 is 4.60. The first-order valence-corrected chi connectivity index (χ1v) is 7.12. The summed E-state index contributed by atoms with van der Waals surface area (Å²) < 4.78 is 0.932. The second-order valence-corrected chi connectivity index (χ2v) is 5.91. The highest BCUT2D eigenvalue weighted by atomic mass is 79.9. The van der Waals surface area contributed by atoms with Crippen LogP contribution in [-0.2, 0) is 0 Å². The van der Waals surface area contributed by atoms with Crippen LogP contribution in [0.3, 0.4) is 0 Å². The number of carboxylic acids is 2. The molecule has 0 saturated carbocycles. The predicted molar refractivity (Wildman–Crippen MR) is 78.6 cm³/mol. The molecule has 2 aromatic rings. The van der Waals surface area contributed by atoms with Crippen LogP contribution in [0.2, 0.25) is 0 Å². The number of carboxylic acid groups (broad SMARTS) is 2. The molecule has 0 atom stereocenters. The summed E-state index contributed by atoms with van der Waals surface area (Å²) in [5.74, 6) is -2.29. The SMILES string of the molecule is O=C(O)c1ccc(Sc2ccc(Br)cc2)c(C(=O)O)c1. The molecule has 0 aliphatic carbocycles. The molecule has 102 valence electrons. The maximum absolute atomic E-state index is 11.2. The normalized spacial score (nSPS) is 10.2. The van der Waals surface area contributed by atoms with E-state index in [0.29, 0.717) is 4.90 Å². The van der Waals surface area contributed by atoms with E-state index in [-0.39, 0.29) is 11.1 Å². The minimum Gasteiger partial charge on any atom is -0.478 e. The van der Waals surface area contributed by atoms with Gasteiger partial charge in [-0.3, -0.25) is 0 Å². The number of benzene rings is 2. The molecule has 0 aliphatic rings. The molecule has 0 fully saturated rings. The average Bonchev–Trinajstić information content (AvgIpc) is 2.41. The Morgan fingerprint density at radius 1 is 0.950 bits per heavy atom. The van der Waals surface area contributed by atoms with Crippen molar-refractivity contribution in [2.24, 2.45) is 0 Å². The van der Waals surface area contributed by atoms with E-state index in [1.165, 1.54) is 30.0 Å². The summed E-state index contributed by atoms with van der Waals surface area (Å²) in [4.78, 5) is 23.5. The molecule has 2 aromatic carbocycles. The topological polar surface area (TPSA) is 74.6 Å². The van der Waals surface area contributed by atoms with Crippen LogP contribution in [0, 0.1) is 0 Å². The van der Waals surface area contributed by atoms with E-state index in [2.05, 4.69) is 15.9 Å². The van der Waals surface area contributed by atoms with Crippen molar-refractivity contribution in [3.8, 4) is 0 Å². The lowest BCUT2D eigenvalue weighted by Gasteiger charge is -2.07. The first-order chi connectivity index (χ1) is 9.47. The van der Waals surface area contributed by atoms with E-state index in [1.54, 1.807) is 0 Å². The van der Waals surface area contributed by atoms with E-state index in [0.717, 1.165) is 9.37 Å². The number of hydrogen-bond donors (Lipinski definition) is 2. The summed E-state index contributed by atoms with van der Waals surface area (Å²) in [5, 5.41) is 18.1. The molecule has 0 aliphatic heterocycles. The molecule has 0 amide bonds. The minimum absolute atomic E-state index is 0.0159. The average molecular weight is 353 g/mol. The highest BCUT2D eigenvalue weighted by molar-refractivity contribution is 9.10. The van der Waals surface area contributed by atoms with Crippen LogP contribution >= 0.6 is 27.7 Å². The monoisotopic (exact) mass is 352 g/mol. The third-order valence-corrected chi connectivity index (χ3v) is 4.11. The Balaban J connectivity index is 2.38. The van der Waals surface area contributed by atoms with Crippen molar-refractivity contribution in [3.63, 3.8) is 0 Å². The Morgan fingerprint density at radius 2 is 1.60 bits per heavy atom. The zero-order valence-corrected chi connectivity index (χ0v) is 12.4. The Hall–Kier alpha value is -1.79. The van der Waals surface area contributed by atoms with E-state index >= 15 is 0 Å². The third kappa shape index (κ3) is 3.40. The van der Waals surface area contributed by atoms with Gasteiger partial charge in [-0.05, 0) is 42.5 Å². The molecule has 2 rings (SSSR count). The molecule has 0 bridgehead atoms. The Morgan fingerprint density at radius 3 is 2.15 bits per heavy atom. The zero-order chi connectivity index (χ0) is 14.7. The summed E-state index contributed by atoms with van der Waals surface area (Å²) in [5.41, 5.74) is -0.0552. The van der Waals surface area contributed by atoms with Gasteiger partial charge in [0, 0.05) is 14.3 Å². The number of rotatable bonds is 4. The van der Waals surface area contributed by atoms with Crippen LogP contribution in [0.1, 0.15) is 20.7 Å². The molecule has 2 N–H and O–H groups in total. The second kappa shape index (κ2) is 6.11. The van der Waals surface area contributed by atoms with Crippen molar-refractivity contribution < 1.29 is 19.8 Å². The first-order valence-electron chi connectivity index (χ1n) is 5.51. The highest BCUT2D eigenvalue weighted by Crippen LogP contribution is 2.31. The second-order valence-electron chi connectivity index (χ2n) is 3.88. The van der Waals surface area contributed by atoms with Gasteiger partial charge < -0.3 is 10.2 Å². The molecule has 0 saturated heterocycles. The molecule has 20 heavy (non-hydrogen) atoms. The van der Waals surface area contributed by atoms with Crippen molar-refractivity contribution in [3.05, 3.63) is 58.1 Å². The van der Waals surface area contributed by atoms with Gasteiger partial charge in [-0.2, -0.15) is 0 Å². The molecular formula is C14H9BrO4S. The number of hydrogen-bond acceptors (Lipinski definition) is 3. The van der Waals surface area contributed by atoms with Gasteiger partial charge in [0.2, 0.25) is 0 Å². The third-order valence-electron chi connectivity index (χ3n) is 2.50. The molecule has 4 nitrogen and oxygen atoms in total. The van der Waals surface area contributed by atoms with Gasteiger partial charge in [-0.1, -0.05) is 27.7 Å². The van der Waals surface area contributed by atoms with Crippen LogP contribution in [0.15, 0.2) is 56.7 Å². The number of halogens is 1. The van der Waals surface area contributed by atoms with Gasteiger partial charge in [0.15, 0.2) is 0 Å². The summed E-state index contributed by atoms with van der Waals surface area (Å²) in [6, 6.07) is 11.5. The Kier molecular flexibility index (Phi) is 4.46. The fourth-order valence-corrected chi connectivity index (χ4v) is 2.73. The summed E-state index contributed by atoms with van der Waals surface area (Å²) in [6.45, 7) is 0. The van der Waals surface area contributed by atoms with Gasteiger partial charge in [0.25, 0.3) is 0 Å². The van der Waals surface area contributed by atoms with Crippen LogP contribution < -0.4 is 0 Å². The van der Waals surface area contributed by atoms with E-state index in [9.17, 15) is 14.7 Å². The zero-order valence-electron chi connectivity index (χ0n) is 10.0. The van der Waals surface area contributed by atoms with E-state index in [4.69, 9.17) is 5.11 Å². The lowest BCUT2D eigenvalue weighted by Crippen LogP contribution is -2.03. The van der Waals surface area contributed by atoms with Gasteiger partial charge >= 0.3 is 11.9 Å². The quantitative estimate of drug-likeness (QED) is 0.869. The lowest BCUT2D eigenvalue weighted by atomic mass is 10.1. The van der Waals surface area contributed by atoms with E-state index < -0.39 is 11.9 Å². The van der Waals surface area contributed by atoms with Gasteiger partial charge in [0.05, 0.1) is 11.1 Å². The standard InChI is InChI=1S/C14H9BrO4S/c15-9-2-4-10(5-3-9)20-12-6-1-8(13(16)17)7-11(12)14(18)19/h1-7H,(H,16,17)(H,18,19). The Labute approximate surface area is 127 Å². The van der Waals surface area contributed by atoms with Crippen molar-refractivity contribution >= 4 is 39.6 Å². The van der Waals surface area contributed by atoms with Gasteiger partial charge in [0.1, 0.15) is 0 Å². The Bertz CT molecular complexity index is 667. The molecular weight excluding hydrogens is 344 g/mol. The largest absolute Gasteiger partial charge is 0.478 e. The van der Waals surface area contributed by atoms with Gasteiger partial charge in [-0.25, -0.2) is 9.59 Å². The highest BCUT2D eigenvalue weighted by Gasteiger charge is 2.14. The summed E-state index contributed by atoms with van der Waals surface area (Å²) in [7, 11) is 0. The van der Waals surface area contributed by atoms with Crippen molar-refractivity contribution in [2.75, 3.05) is 0 Å². The first kappa shape index (κ1) is 14.6. The predicted octanol–water partition coefficient (Wildman–Crippen LogP) is 4.00. The van der Waals surface area contributed by atoms with Crippen LogP contribution in [0.25, 0.3) is 0 Å². The van der Waals surface area contributed by atoms with Crippen LogP contribution in [0.5, 0.6) is 0 Å². The molecule has 0 heterocycles. The summed E-state index contributed by atoms with van der Waals surface area (Å²) in [6.07, 6.45) is 0. The molecule has 6 heteroatoms. The fourth-order valence-electron chi connectivity index (χ4n) is 1.55. The number of aromatic carboxylic acids is 2. The maximum Gasteiger partial charge on any atom is 0.336 e. The maximum atomic E-state index is 11.2. The minimum atomic E-state index is -1.15. The van der Waals surface area contributed by atoms with Crippen molar-refractivity contribution in [1.82, 2.24) is 0 Å². The molecule has 0 spiro atoms. The van der Waals surface area contributed by atoms with Crippen molar-refractivity contribution in [2.45, 2.75) is 9.79 Å². The van der Waals surface area contributed by atoms with Gasteiger partial charge in [-0.15, -0.1) is 0 Å². The fraction of sp³-hybridized carbons (Fsp3) is 0. The number of carbonyl (C=O) groups is 2. The van der Waals surface area contributed by atoms with Crippen LogP contribution in [-0.4, -0.2) is 22.2 Å². The molecule has 0 aromatic heterocycles. The molecule has 0 radical (unpaired) electrons. The molecule has 0 unspecified atom stereocenters. The van der Waals surface area contributed by atoms with Crippen molar-refractivity contribution in [1.29, 1.82) is 0 Å². The smallest absolute Gasteiger partial charge is 0.336 e. The van der Waals surface area contributed by atoms with Crippen LogP contribution in [0.4, 0.5) is 0 Å².